The Balaban J connectivity index is 1.89. The van der Waals surface area contributed by atoms with Crippen LogP contribution in [0.4, 0.5) is 4.79 Å². The van der Waals surface area contributed by atoms with Crippen molar-refractivity contribution in [3.05, 3.63) is 28.8 Å². The fourth-order valence-corrected chi connectivity index (χ4v) is 2.73. The molecule has 0 atom stereocenters. The van der Waals surface area contributed by atoms with Gasteiger partial charge in [0.1, 0.15) is 5.75 Å². The van der Waals surface area contributed by atoms with Gasteiger partial charge in [0.15, 0.2) is 0 Å². The summed E-state index contributed by atoms with van der Waals surface area (Å²) >= 11 is 6.14. The topological polar surface area (TPSA) is 36.0 Å². The highest BCUT2D eigenvalue weighted by Crippen LogP contribution is 2.25. The Morgan fingerprint density at radius 3 is 2.48 bits per heavy atom. The van der Waals surface area contributed by atoms with Crippen LogP contribution in [0, 0.1) is 0 Å². The van der Waals surface area contributed by atoms with Crippen LogP contribution in [0.5, 0.6) is 5.75 Å². The van der Waals surface area contributed by atoms with Crippen molar-refractivity contribution in [2.45, 2.75) is 6.54 Å². The molecule has 1 heterocycles. The zero-order chi connectivity index (χ0) is 15.4. The van der Waals surface area contributed by atoms with Crippen molar-refractivity contribution in [1.82, 2.24) is 14.7 Å². The Labute approximate surface area is 131 Å². The van der Waals surface area contributed by atoms with Crippen LogP contribution in [-0.4, -0.2) is 68.1 Å². The largest absolute Gasteiger partial charge is 0.495 e. The molecule has 0 N–H and O–H groups in total. The van der Waals surface area contributed by atoms with Crippen molar-refractivity contribution in [1.29, 1.82) is 0 Å². The van der Waals surface area contributed by atoms with Crippen molar-refractivity contribution in [2.24, 2.45) is 0 Å². The third-order valence-corrected chi connectivity index (χ3v) is 3.94. The Morgan fingerprint density at radius 1 is 1.29 bits per heavy atom. The number of nitrogens with zero attached hydrogens (tertiary/aromatic N) is 3. The Morgan fingerprint density at radius 2 is 1.95 bits per heavy atom. The average Bonchev–Trinajstić information content (AvgIpc) is 2.47. The highest BCUT2D eigenvalue weighted by Gasteiger charge is 2.22. The van der Waals surface area contributed by atoms with Crippen molar-refractivity contribution in [3.8, 4) is 5.75 Å². The predicted octanol–water partition coefficient (Wildman–Crippen LogP) is 2.15. The molecule has 0 aromatic heterocycles. The Kier molecular flexibility index (Phi) is 5.31. The number of halogens is 1. The van der Waals surface area contributed by atoms with Gasteiger partial charge >= 0.3 is 6.03 Å². The number of benzene rings is 1. The Hall–Kier alpha value is -1.46. The van der Waals surface area contributed by atoms with Gasteiger partial charge in [0.05, 0.1) is 12.1 Å². The number of piperazine rings is 1. The lowest BCUT2D eigenvalue weighted by Gasteiger charge is -2.36. The molecule has 0 bridgehead atoms. The zero-order valence-corrected chi connectivity index (χ0v) is 13.6. The number of hydrogen-bond acceptors (Lipinski definition) is 3. The third-order valence-electron chi connectivity index (χ3n) is 3.65. The SMILES string of the molecule is COc1ccc(CN2CCN(C(=O)N(C)C)CC2)cc1Cl. The quantitative estimate of drug-likeness (QED) is 0.858. The van der Waals surface area contributed by atoms with E-state index in [4.69, 9.17) is 16.3 Å². The number of hydrogen-bond donors (Lipinski definition) is 0. The minimum atomic E-state index is 0.0853. The number of amides is 2. The summed E-state index contributed by atoms with van der Waals surface area (Å²) in [6, 6.07) is 5.95. The van der Waals surface area contributed by atoms with E-state index in [9.17, 15) is 4.79 Å². The monoisotopic (exact) mass is 311 g/mol. The van der Waals surface area contributed by atoms with E-state index >= 15 is 0 Å². The minimum absolute atomic E-state index is 0.0853. The van der Waals surface area contributed by atoms with Crippen LogP contribution in [0.1, 0.15) is 5.56 Å². The second-order valence-electron chi connectivity index (χ2n) is 5.41. The Bertz CT molecular complexity index is 500. The van der Waals surface area contributed by atoms with E-state index in [0.717, 1.165) is 38.3 Å². The first-order valence-electron chi connectivity index (χ1n) is 7.02. The molecule has 0 saturated carbocycles. The molecule has 1 aliphatic rings. The maximum absolute atomic E-state index is 11.9. The minimum Gasteiger partial charge on any atom is -0.495 e. The molecule has 2 amide bonds. The molecule has 0 radical (unpaired) electrons. The lowest BCUT2D eigenvalue weighted by Crippen LogP contribution is -2.51. The summed E-state index contributed by atoms with van der Waals surface area (Å²) in [6.45, 7) is 4.13. The van der Waals surface area contributed by atoms with Crippen LogP contribution in [0.2, 0.25) is 5.02 Å². The molecule has 1 saturated heterocycles. The normalized spacial score (nSPS) is 15.9. The van der Waals surface area contributed by atoms with Gasteiger partial charge in [-0.1, -0.05) is 17.7 Å². The van der Waals surface area contributed by atoms with Gasteiger partial charge < -0.3 is 14.5 Å². The fourth-order valence-electron chi connectivity index (χ4n) is 2.45. The zero-order valence-electron chi connectivity index (χ0n) is 12.8. The second kappa shape index (κ2) is 7.00. The average molecular weight is 312 g/mol. The molecule has 1 fully saturated rings. The molecular weight excluding hydrogens is 290 g/mol. The molecule has 0 aliphatic carbocycles. The van der Waals surface area contributed by atoms with Gasteiger partial charge in [-0.25, -0.2) is 4.79 Å². The van der Waals surface area contributed by atoms with Crippen molar-refractivity contribution >= 4 is 17.6 Å². The summed E-state index contributed by atoms with van der Waals surface area (Å²) < 4.78 is 5.16. The van der Waals surface area contributed by atoms with E-state index in [0.29, 0.717) is 10.8 Å². The van der Waals surface area contributed by atoms with Crippen LogP contribution in [0.3, 0.4) is 0 Å². The number of carbonyl (C=O) groups is 1. The van der Waals surface area contributed by atoms with Crippen LogP contribution in [0.25, 0.3) is 0 Å². The summed E-state index contributed by atoms with van der Waals surface area (Å²) in [4.78, 5) is 17.7. The molecule has 6 heteroatoms. The smallest absolute Gasteiger partial charge is 0.319 e. The first-order chi connectivity index (χ1) is 10.0. The summed E-state index contributed by atoms with van der Waals surface area (Å²) in [5.74, 6) is 0.696. The van der Waals surface area contributed by atoms with Crippen molar-refractivity contribution in [3.63, 3.8) is 0 Å². The van der Waals surface area contributed by atoms with Gasteiger partial charge in [-0.15, -0.1) is 0 Å². The summed E-state index contributed by atoms with van der Waals surface area (Å²) in [7, 11) is 5.18. The van der Waals surface area contributed by atoms with Gasteiger partial charge in [-0.3, -0.25) is 4.90 Å². The number of methoxy groups -OCH3 is 1. The maximum Gasteiger partial charge on any atom is 0.319 e. The standard InChI is InChI=1S/C15H22ClN3O2/c1-17(2)15(20)19-8-6-18(7-9-19)11-12-4-5-14(21-3)13(16)10-12/h4-5,10H,6-9,11H2,1-3H3. The van der Waals surface area contributed by atoms with Crippen LogP contribution in [-0.2, 0) is 6.54 Å². The lowest BCUT2D eigenvalue weighted by atomic mass is 10.2. The van der Waals surface area contributed by atoms with E-state index in [1.807, 2.05) is 23.1 Å². The molecule has 116 valence electrons. The van der Waals surface area contributed by atoms with E-state index in [-0.39, 0.29) is 6.03 Å². The maximum atomic E-state index is 11.9. The predicted molar refractivity (Wildman–Crippen MR) is 83.9 cm³/mol. The molecule has 5 nitrogen and oxygen atoms in total. The first-order valence-corrected chi connectivity index (χ1v) is 7.40. The van der Waals surface area contributed by atoms with E-state index < -0.39 is 0 Å². The van der Waals surface area contributed by atoms with Crippen LogP contribution in [0.15, 0.2) is 18.2 Å². The molecule has 1 aliphatic heterocycles. The van der Waals surface area contributed by atoms with Gasteiger partial charge in [0.2, 0.25) is 0 Å². The van der Waals surface area contributed by atoms with E-state index in [1.54, 1.807) is 26.1 Å². The molecule has 21 heavy (non-hydrogen) atoms. The van der Waals surface area contributed by atoms with Crippen LogP contribution < -0.4 is 4.74 Å². The van der Waals surface area contributed by atoms with Gasteiger partial charge in [0, 0.05) is 46.8 Å². The lowest BCUT2D eigenvalue weighted by molar-refractivity contribution is 0.120. The van der Waals surface area contributed by atoms with Crippen molar-refractivity contribution in [2.75, 3.05) is 47.4 Å². The van der Waals surface area contributed by atoms with Gasteiger partial charge in [-0.05, 0) is 17.7 Å². The van der Waals surface area contributed by atoms with E-state index in [1.165, 1.54) is 0 Å². The summed E-state index contributed by atoms with van der Waals surface area (Å²) in [6.07, 6.45) is 0. The number of ether oxygens (including phenoxy) is 1. The van der Waals surface area contributed by atoms with Gasteiger partial charge in [-0.2, -0.15) is 0 Å². The molecule has 1 aromatic rings. The number of urea groups is 1. The number of carbonyl (C=O) groups excluding carboxylic acids is 1. The molecular formula is C15H22ClN3O2. The van der Waals surface area contributed by atoms with Gasteiger partial charge in [0.25, 0.3) is 0 Å². The highest BCUT2D eigenvalue weighted by atomic mass is 35.5. The molecule has 0 spiro atoms. The summed E-state index contributed by atoms with van der Waals surface area (Å²) in [5, 5.41) is 0.636. The number of rotatable bonds is 3. The molecule has 0 unspecified atom stereocenters. The highest BCUT2D eigenvalue weighted by molar-refractivity contribution is 6.32. The molecule has 1 aromatic carbocycles. The molecule has 2 rings (SSSR count). The van der Waals surface area contributed by atoms with Crippen LogP contribution >= 0.6 is 11.6 Å². The third kappa shape index (κ3) is 4.02. The van der Waals surface area contributed by atoms with Crippen molar-refractivity contribution < 1.29 is 9.53 Å². The summed E-state index contributed by atoms with van der Waals surface area (Å²) in [5.41, 5.74) is 1.16. The second-order valence-corrected chi connectivity index (χ2v) is 5.82. The van der Waals surface area contributed by atoms with E-state index in [2.05, 4.69) is 4.90 Å². The fraction of sp³-hybridized carbons (Fsp3) is 0.533. The first kappa shape index (κ1) is 15.9.